The van der Waals surface area contributed by atoms with E-state index in [2.05, 4.69) is 0 Å². The maximum absolute atomic E-state index is 12.1. The van der Waals surface area contributed by atoms with Gasteiger partial charge in [-0.05, 0) is 17.7 Å². The molecule has 42 heavy (non-hydrogen) atoms. The summed E-state index contributed by atoms with van der Waals surface area (Å²) in [5.41, 5.74) is 0.515. The lowest BCUT2D eigenvalue weighted by Crippen LogP contribution is -2.63. The minimum Gasteiger partial charge on any atom is -0.472 e. The third-order valence-corrected chi connectivity index (χ3v) is 6.37. The van der Waals surface area contributed by atoms with Crippen molar-refractivity contribution in [1.29, 1.82) is 0 Å². The maximum Gasteiger partial charge on any atom is 0.303 e. The fourth-order valence-electron chi connectivity index (χ4n) is 4.95. The van der Waals surface area contributed by atoms with Gasteiger partial charge in [0.25, 0.3) is 0 Å². The van der Waals surface area contributed by atoms with Crippen molar-refractivity contribution in [3.8, 4) is 0 Å². The van der Waals surface area contributed by atoms with Crippen molar-refractivity contribution in [2.24, 2.45) is 11.8 Å². The molecule has 0 aromatic heterocycles. The summed E-state index contributed by atoms with van der Waals surface area (Å²) < 4.78 is 49.9. The number of fused-ring (bicyclic) bond motifs is 1. The first kappa shape index (κ1) is 32.5. The highest BCUT2D eigenvalue weighted by molar-refractivity contribution is 5.69. The van der Waals surface area contributed by atoms with E-state index in [1.165, 1.54) is 20.1 Å². The lowest BCUT2D eigenvalue weighted by Gasteiger charge is -2.45. The maximum atomic E-state index is 12.1. The average Bonchev–Trinajstić information content (AvgIpc) is 3.22. The van der Waals surface area contributed by atoms with Crippen LogP contribution in [0.4, 0.5) is 0 Å². The van der Waals surface area contributed by atoms with E-state index in [4.69, 9.17) is 42.6 Å². The van der Waals surface area contributed by atoms with Crippen LogP contribution in [0.5, 0.6) is 0 Å². The molecule has 1 unspecified atom stereocenters. The molecule has 0 aromatic rings. The molecule has 9 atom stereocenters. The monoisotopic (exact) mass is 598 g/mol. The second-order valence-corrected chi connectivity index (χ2v) is 9.74. The number of carbonyl (C=O) groups excluding carboxylic acids is 6. The second-order valence-electron chi connectivity index (χ2n) is 9.74. The van der Waals surface area contributed by atoms with E-state index in [1.807, 2.05) is 0 Å². The minimum absolute atomic E-state index is 0.163. The Bertz CT molecular complexity index is 1130. The van der Waals surface area contributed by atoms with Gasteiger partial charge < -0.3 is 42.6 Å². The van der Waals surface area contributed by atoms with Crippen molar-refractivity contribution in [2.45, 2.75) is 84.6 Å². The van der Waals surface area contributed by atoms with Crippen LogP contribution in [0.15, 0.2) is 24.0 Å². The van der Waals surface area contributed by atoms with E-state index in [-0.39, 0.29) is 6.61 Å². The molecule has 0 bridgehead atoms. The van der Waals surface area contributed by atoms with Crippen LogP contribution in [0.3, 0.4) is 0 Å². The zero-order valence-corrected chi connectivity index (χ0v) is 24.0. The van der Waals surface area contributed by atoms with Gasteiger partial charge in [-0.25, -0.2) is 0 Å². The number of rotatable bonds is 10. The molecular weight excluding hydrogens is 564 g/mol. The van der Waals surface area contributed by atoms with Crippen molar-refractivity contribution in [3.05, 3.63) is 24.0 Å². The first-order chi connectivity index (χ1) is 19.8. The molecule has 3 aliphatic rings. The van der Waals surface area contributed by atoms with Crippen LogP contribution in [0.25, 0.3) is 0 Å². The summed E-state index contributed by atoms with van der Waals surface area (Å²) >= 11 is 0. The lowest BCUT2D eigenvalue weighted by molar-refractivity contribution is -0.342. The minimum atomic E-state index is -1.52. The van der Waals surface area contributed by atoms with Crippen LogP contribution in [-0.2, 0) is 71.4 Å². The molecule has 3 rings (SSSR count). The quantitative estimate of drug-likeness (QED) is 0.193. The van der Waals surface area contributed by atoms with Gasteiger partial charge in [-0.1, -0.05) is 0 Å². The Hall–Kier alpha value is -3.98. The molecule has 1 aliphatic carbocycles. The highest BCUT2D eigenvalue weighted by atomic mass is 16.8. The van der Waals surface area contributed by atoms with Crippen molar-refractivity contribution in [1.82, 2.24) is 0 Å². The van der Waals surface area contributed by atoms with Gasteiger partial charge >= 0.3 is 35.8 Å². The molecule has 0 aromatic carbocycles. The predicted molar refractivity (Wildman–Crippen MR) is 134 cm³/mol. The number of esters is 6. The summed E-state index contributed by atoms with van der Waals surface area (Å²) in [5, 5.41) is 0. The standard InChI is InChI=1S/C27H34O15/c1-12(28)35-10-18-9-20(37-14(3)30)19-7-8-34-26(22(18)19)42-27-25(40-17(6)33)24(39-16(5)32)23(38-15(4)31)21(41-27)11-36-13(2)29/h7-9,19-27H,10-11H2,1-6H3/t19-,20+,21+,22+,23+,24-,25+,26-,27?/m0/s1. The Morgan fingerprint density at radius 2 is 1.26 bits per heavy atom. The summed E-state index contributed by atoms with van der Waals surface area (Å²) in [6.07, 6.45) is -4.37. The molecule has 15 nitrogen and oxygen atoms in total. The van der Waals surface area contributed by atoms with Gasteiger partial charge in [0.2, 0.25) is 12.6 Å². The molecule has 2 aliphatic heterocycles. The third kappa shape index (κ3) is 8.52. The van der Waals surface area contributed by atoms with Gasteiger partial charge in [0.1, 0.15) is 25.4 Å². The summed E-state index contributed by atoms with van der Waals surface area (Å²) in [5.74, 6) is -5.31. The van der Waals surface area contributed by atoms with E-state index in [1.54, 1.807) is 12.2 Å². The Morgan fingerprint density at radius 1 is 0.690 bits per heavy atom. The molecule has 1 saturated heterocycles. The van der Waals surface area contributed by atoms with Crippen molar-refractivity contribution in [3.63, 3.8) is 0 Å². The molecule has 15 heteroatoms. The fraction of sp³-hybridized carbons (Fsp3) is 0.630. The van der Waals surface area contributed by atoms with Crippen molar-refractivity contribution in [2.75, 3.05) is 13.2 Å². The van der Waals surface area contributed by atoms with Gasteiger partial charge in [-0.2, -0.15) is 0 Å². The summed E-state index contributed by atoms with van der Waals surface area (Å²) in [7, 11) is 0. The molecule has 1 fully saturated rings. The van der Waals surface area contributed by atoms with Crippen molar-refractivity contribution >= 4 is 35.8 Å². The Morgan fingerprint density at radius 3 is 1.83 bits per heavy atom. The van der Waals surface area contributed by atoms with Gasteiger partial charge in [0.05, 0.1) is 12.2 Å². The number of hydrogen-bond acceptors (Lipinski definition) is 15. The van der Waals surface area contributed by atoms with Gasteiger partial charge in [-0.15, -0.1) is 0 Å². The first-order valence-corrected chi connectivity index (χ1v) is 13.1. The Kier molecular flexibility index (Phi) is 11.1. The van der Waals surface area contributed by atoms with E-state index in [9.17, 15) is 28.8 Å². The molecular formula is C27H34O15. The van der Waals surface area contributed by atoms with Crippen LogP contribution in [0, 0.1) is 11.8 Å². The second kappa shape index (κ2) is 14.3. The normalized spacial score (nSPS) is 31.4. The van der Waals surface area contributed by atoms with Crippen LogP contribution in [0.1, 0.15) is 41.5 Å². The highest BCUT2D eigenvalue weighted by Crippen LogP contribution is 2.43. The lowest BCUT2D eigenvalue weighted by atomic mass is 9.88. The summed E-state index contributed by atoms with van der Waals surface area (Å²) in [6.45, 7) is 6.34. The van der Waals surface area contributed by atoms with Crippen LogP contribution >= 0.6 is 0 Å². The van der Waals surface area contributed by atoms with E-state index < -0.39 is 97.4 Å². The topological polar surface area (TPSA) is 185 Å². The highest BCUT2D eigenvalue weighted by Gasteiger charge is 2.55. The summed E-state index contributed by atoms with van der Waals surface area (Å²) in [6, 6.07) is 0. The van der Waals surface area contributed by atoms with E-state index in [0.29, 0.717) is 5.57 Å². The molecule has 2 heterocycles. The predicted octanol–water partition coefficient (Wildman–Crippen LogP) is 0.623. The number of ether oxygens (including phenoxy) is 9. The zero-order chi connectivity index (χ0) is 31.1. The van der Waals surface area contributed by atoms with Crippen LogP contribution < -0.4 is 0 Å². The number of hydrogen-bond donors (Lipinski definition) is 0. The summed E-state index contributed by atoms with van der Waals surface area (Å²) in [4.78, 5) is 71.1. The van der Waals surface area contributed by atoms with Gasteiger partial charge in [0.15, 0.2) is 18.3 Å². The SMILES string of the molecule is CC(=O)OCC1=C[C@@H](OC(C)=O)[C@@H]2C=CO[C@@H](OC3O[C@H](COC(C)=O)[C@@H](OC(C)=O)[C@H](OC(C)=O)[C@H]3OC(C)=O)[C@H]12. The Balaban J connectivity index is 1.99. The van der Waals surface area contributed by atoms with Gasteiger partial charge in [0, 0.05) is 47.5 Å². The van der Waals surface area contributed by atoms with E-state index >= 15 is 0 Å². The third-order valence-electron chi connectivity index (χ3n) is 6.37. The molecule has 0 N–H and O–H groups in total. The molecule has 232 valence electrons. The average molecular weight is 599 g/mol. The van der Waals surface area contributed by atoms with Crippen LogP contribution in [0.2, 0.25) is 0 Å². The Labute approximate surface area is 241 Å². The molecule has 0 spiro atoms. The molecule has 0 saturated carbocycles. The molecule has 0 radical (unpaired) electrons. The smallest absolute Gasteiger partial charge is 0.303 e. The van der Waals surface area contributed by atoms with Crippen LogP contribution in [-0.4, -0.2) is 92.1 Å². The largest absolute Gasteiger partial charge is 0.472 e. The fourth-order valence-corrected chi connectivity index (χ4v) is 4.95. The van der Waals surface area contributed by atoms with Gasteiger partial charge in [-0.3, -0.25) is 28.8 Å². The molecule has 0 amide bonds. The number of carbonyl (C=O) groups is 6. The first-order valence-electron chi connectivity index (χ1n) is 13.1. The zero-order valence-electron chi connectivity index (χ0n) is 24.0. The van der Waals surface area contributed by atoms with Crippen molar-refractivity contribution < 1.29 is 71.4 Å². The van der Waals surface area contributed by atoms with E-state index in [0.717, 1.165) is 27.7 Å².